The average Bonchev–Trinajstić information content (AvgIpc) is 3.00. The molecule has 0 saturated carbocycles. The first kappa shape index (κ1) is 12.9. The van der Waals surface area contributed by atoms with Crippen molar-refractivity contribution in [3.63, 3.8) is 0 Å². The Morgan fingerprint density at radius 1 is 1.25 bits per heavy atom. The van der Waals surface area contributed by atoms with E-state index in [-0.39, 0.29) is 0 Å². The lowest BCUT2D eigenvalue weighted by molar-refractivity contribution is 0.717. The summed E-state index contributed by atoms with van der Waals surface area (Å²) >= 11 is 0. The predicted molar refractivity (Wildman–Crippen MR) is 80.5 cm³/mol. The van der Waals surface area contributed by atoms with Gasteiger partial charge in [0, 0.05) is 38.8 Å². The van der Waals surface area contributed by atoms with E-state index in [1.54, 1.807) is 0 Å². The molecule has 1 aromatic carbocycles. The minimum atomic E-state index is 0.924. The van der Waals surface area contributed by atoms with Gasteiger partial charge in [0.15, 0.2) is 0 Å². The van der Waals surface area contributed by atoms with Crippen molar-refractivity contribution in [2.75, 3.05) is 13.6 Å². The second-order valence-electron chi connectivity index (χ2n) is 5.08. The molecule has 3 aromatic rings. The van der Waals surface area contributed by atoms with E-state index in [9.17, 15) is 0 Å². The third-order valence-electron chi connectivity index (χ3n) is 3.55. The molecule has 0 saturated heterocycles. The highest BCUT2D eigenvalue weighted by molar-refractivity contribution is 5.82. The molecule has 2 aromatic heterocycles. The van der Waals surface area contributed by atoms with Gasteiger partial charge in [-0.2, -0.15) is 5.10 Å². The van der Waals surface area contributed by atoms with Gasteiger partial charge >= 0.3 is 0 Å². The monoisotopic (exact) mass is 269 g/mol. The van der Waals surface area contributed by atoms with Crippen molar-refractivity contribution in [1.29, 1.82) is 0 Å². The van der Waals surface area contributed by atoms with Crippen LogP contribution in [-0.4, -0.2) is 32.9 Å². The van der Waals surface area contributed by atoms with Gasteiger partial charge in [-0.25, -0.2) is 4.98 Å². The van der Waals surface area contributed by atoms with Crippen molar-refractivity contribution in [3.8, 4) is 11.1 Å². The van der Waals surface area contributed by atoms with E-state index >= 15 is 0 Å². The molecule has 0 radical (unpaired) electrons. The third kappa shape index (κ3) is 2.20. The summed E-state index contributed by atoms with van der Waals surface area (Å²) in [5, 5.41) is 7.73. The highest BCUT2D eigenvalue weighted by Gasteiger charge is 2.11. The topological polar surface area (TPSA) is 47.7 Å². The number of nitrogens with zero attached hydrogens (tertiary/aromatic N) is 4. The molecule has 0 aliphatic rings. The van der Waals surface area contributed by atoms with Crippen LogP contribution >= 0.6 is 0 Å². The Kier molecular flexibility index (Phi) is 3.28. The van der Waals surface area contributed by atoms with E-state index in [0.29, 0.717) is 0 Å². The third-order valence-corrected chi connectivity index (χ3v) is 3.55. The first-order valence-corrected chi connectivity index (χ1v) is 6.77. The summed E-state index contributed by atoms with van der Waals surface area (Å²) in [6, 6.07) is 6.39. The Balaban J connectivity index is 2.05. The molecule has 3 rings (SSSR count). The van der Waals surface area contributed by atoms with Crippen molar-refractivity contribution in [3.05, 3.63) is 36.4 Å². The Morgan fingerprint density at radius 3 is 2.90 bits per heavy atom. The van der Waals surface area contributed by atoms with Crippen LogP contribution in [0.2, 0.25) is 0 Å². The van der Waals surface area contributed by atoms with Crippen molar-refractivity contribution >= 4 is 11.0 Å². The van der Waals surface area contributed by atoms with Crippen LogP contribution < -0.4 is 5.32 Å². The number of hydrogen-bond acceptors (Lipinski definition) is 3. The largest absolute Gasteiger partial charge is 0.334 e. The molecule has 1 N–H and O–H groups in total. The lowest BCUT2D eigenvalue weighted by Gasteiger charge is -2.03. The fourth-order valence-electron chi connectivity index (χ4n) is 2.51. The SMILES string of the molecule is CNCCc1nn(C)cc1-c1ccc2c(c1)ncn2C. The second-order valence-corrected chi connectivity index (χ2v) is 5.08. The van der Waals surface area contributed by atoms with E-state index in [4.69, 9.17) is 0 Å². The van der Waals surface area contributed by atoms with Crippen molar-refractivity contribution in [1.82, 2.24) is 24.6 Å². The van der Waals surface area contributed by atoms with Crippen LogP contribution in [0.15, 0.2) is 30.7 Å². The fourth-order valence-corrected chi connectivity index (χ4v) is 2.51. The van der Waals surface area contributed by atoms with Crippen molar-refractivity contribution < 1.29 is 0 Å². The van der Waals surface area contributed by atoms with Crippen LogP contribution in [0.4, 0.5) is 0 Å². The number of aryl methyl sites for hydroxylation is 2. The molecule has 0 fully saturated rings. The molecule has 0 spiro atoms. The van der Waals surface area contributed by atoms with Gasteiger partial charge in [-0.15, -0.1) is 0 Å². The second kappa shape index (κ2) is 5.09. The molecular formula is C15H19N5. The minimum absolute atomic E-state index is 0.924. The molecule has 20 heavy (non-hydrogen) atoms. The number of hydrogen-bond donors (Lipinski definition) is 1. The smallest absolute Gasteiger partial charge is 0.0955 e. The van der Waals surface area contributed by atoms with Gasteiger partial charge in [0.05, 0.1) is 23.1 Å². The quantitative estimate of drug-likeness (QED) is 0.785. The molecular weight excluding hydrogens is 250 g/mol. The van der Waals surface area contributed by atoms with Crippen LogP contribution in [-0.2, 0) is 20.5 Å². The summed E-state index contributed by atoms with van der Waals surface area (Å²) in [5.41, 5.74) is 5.66. The number of benzene rings is 1. The predicted octanol–water partition coefficient (Wildman–Crippen LogP) is 1.74. The average molecular weight is 269 g/mol. The minimum Gasteiger partial charge on any atom is -0.334 e. The van der Waals surface area contributed by atoms with Crippen LogP contribution in [0.5, 0.6) is 0 Å². The number of nitrogens with one attached hydrogen (secondary N) is 1. The normalized spacial score (nSPS) is 11.3. The molecule has 0 unspecified atom stereocenters. The van der Waals surface area contributed by atoms with E-state index in [1.165, 1.54) is 11.1 Å². The number of imidazole rings is 1. The number of fused-ring (bicyclic) bond motifs is 1. The molecule has 0 aliphatic carbocycles. The molecule has 2 heterocycles. The number of aromatic nitrogens is 4. The summed E-state index contributed by atoms with van der Waals surface area (Å²) < 4.78 is 3.91. The van der Waals surface area contributed by atoms with Crippen LogP contribution in [0.25, 0.3) is 22.2 Å². The van der Waals surface area contributed by atoms with Gasteiger partial charge in [-0.05, 0) is 24.7 Å². The zero-order valence-electron chi connectivity index (χ0n) is 12.1. The Bertz CT molecular complexity index is 738. The Morgan fingerprint density at radius 2 is 2.10 bits per heavy atom. The van der Waals surface area contributed by atoms with E-state index in [1.807, 2.05) is 36.7 Å². The Hall–Kier alpha value is -2.14. The molecule has 0 amide bonds. The molecule has 5 heteroatoms. The summed E-state index contributed by atoms with van der Waals surface area (Å²) in [6.45, 7) is 0.926. The zero-order valence-corrected chi connectivity index (χ0v) is 12.1. The zero-order chi connectivity index (χ0) is 14.1. The van der Waals surface area contributed by atoms with E-state index in [2.05, 4.69) is 39.8 Å². The van der Waals surface area contributed by atoms with Gasteiger partial charge < -0.3 is 9.88 Å². The van der Waals surface area contributed by atoms with Crippen molar-refractivity contribution in [2.45, 2.75) is 6.42 Å². The molecule has 104 valence electrons. The van der Waals surface area contributed by atoms with Crippen LogP contribution in [0, 0.1) is 0 Å². The standard InChI is InChI=1S/C15H19N5/c1-16-7-6-13-12(9-20(3)18-13)11-4-5-15-14(8-11)17-10-19(15)2/h4-5,8-10,16H,6-7H2,1-3H3. The summed E-state index contributed by atoms with van der Waals surface area (Å²) in [6.07, 6.45) is 4.85. The highest BCUT2D eigenvalue weighted by Crippen LogP contribution is 2.26. The van der Waals surface area contributed by atoms with E-state index in [0.717, 1.165) is 29.7 Å². The first-order valence-electron chi connectivity index (χ1n) is 6.77. The summed E-state index contributed by atoms with van der Waals surface area (Å²) in [5.74, 6) is 0. The fraction of sp³-hybridized carbons (Fsp3) is 0.333. The van der Waals surface area contributed by atoms with E-state index < -0.39 is 0 Å². The van der Waals surface area contributed by atoms with Gasteiger partial charge in [0.1, 0.15) is 0 Å². The first-order chi connectivity index (χ1) is 9.69. The molecule has 5 nitrogen and oxygen atoms in total. The lowest BCUT2D eigenvalue weighted by Crippen LogP contribution is -2.11. The molecule has 0 bridgehead atoms. The summed E-state index contributed by atoms with van der Waals surface area (Å²) in [4.78, 5) is 4.43. The van der Waals surface area contributed by atoms with Gasteiger partial charge in [-0.3, -0.25) is 4.68 Å². The lowest BCUT2D eigenvalue weighted by atomic mass is 10.0. The molecule has 0 atom stereocenters. The number of rotatable bonds is 4. The van der Waals surface area contributed by atoms with Gasteiger partial charge in [0.2, 0.25) is 0 Å². The van der Waals surface area contributed by atoms with Crippen LogP contribution in [0.1, 0.15) is 5.69 Å². The highest BCUT2D eigenvalue weighted by atomic mass is 15.3. The maximum absolute atomic E-state index is 4.56. The van der Waals surface area contributed by atoms with Crippen molar-refractivity contribution in [2.24, 2.45) is 14.1 Å². The summed E-state index contributed by atoms with van der Waals surface area (Å²) in [7, 11) is 5.94. The van der Waals surface area contributed by atoms with Crippen LogP contribution in [0.3, 0.4) is 0 Å². The Labute approximate surface area is 118 Å². The van der Waals surface area contributed by atoms with Gasteiger partial charge in [0.25, 0.3) is 0 Å². The maximum atomic E-state index is 4.56. The van der Waals surface area contributed by atoms with Gasteiger partial charge in [-0.1, -0.05) is 6.07 Å². The maximum Gasteiger partial charge on any atom is 0.0955 e. The molecule has 0 aliphatic heterocycles. The number of likely N-dealkylation sites (N-methyl/N-ethyl adjacent to an activating group) is 1.